The Labute approximate surface area is 161 Å². The number of carbonyl (C=O) groups excluding carboxylic acids is 1. The van der Waals surface area contributed by atoms with Gasteiger partial charge in [-0.2, -0.15) is 0 Å². The first kappa shape index (κ1) is 18.1. The number of halogens is 1. The largest absolute Gasteiger partial charge is 0.480 e. The van der Waals surface area contributed by atoms with Gasteiger partial charge in [0, 0.05) is 37.1 Å². The monoisotopic (exact) mass is 376 g/mol. The van der Waals surface area contributed by atoms with Crippen LogP contribution < -0.4 is 10.1 Å². The van der Waals surface area contributed by atoms with E-state index in [-0.39, 0.29) is 11.9 Å². The summed E-state index contributed by atoms with van der Waals surface area (Å²) in [6.45, 7) is 3.45. The number of hydrogen-bond acceptors (Lipinski definition) is 3. The number of hydrogen-bond donors (Lipinski definition) is 1. The molecule has 0 aromatic heterocycles. The molecule has 1 atom stereocenters. The Kier molecular flexibility index (Phi) is 5.70. The minimum Gasteiger partial charge on any atom is -0.480 e. The first-order valence-electron chi connectivity index (χ1n) is 10.2. The van der Waals surface area contributed by atoms with Gasteiger partial charge in [-0.3, -0.25) is 4.79 Å². The summed E-state index contributed by atoms with van der Waals surface area (Å²) in [5, 5.41) is 3.90. The molecule has 2 heterocycles. The second-order valence-corrected chi connectivity index (χ2v) is 8.59. The van der Waals surface area contributed by atoms with E-state index in [9.17, 15) is 4.79 Å². The minimum atomic E-state index is -0.413. The number of rotatable bonds is 4. The Morgan fingerprint density at radius 1 is 1.15 bits per heavy atom. The van der Waals surface area contributed by atoms with Crippen molar-refractivity contribution in [2.45, 2.75) is 63.5 Å². The van der Waals surface area contributed by atoms with Crippen LogP contribution in [0.2, 0.25) is 5.02 Å². The van der Waals surface area contributed by atoms with Crippen molar-refractivity contribution in [2.75, 3.05) is 19.6 Å². The molecule has 1 aliphatic carbocycles. The highest BCUT2D eigenvalue weighted by molar-refractivity contribution is 6.30. The topological polar surface area (TPSA) is 41.6 Å². The molecule has 0 bridgehead atoms. The number of piperidine rings is 1. The van der Waals surface area contributed by atoms with E-state index in [2.05, 4.69) is 10.2 Å². The first-order valence-corrected chi connectivity index (χ1v) is 10.5. The van der Waals surface area contributed by atoms with Gasteiger partial charge in [-0.05, 0) is 55.4 Å². The van der Waals surface area contributed by atoms with E-state index in [0.717, 1.165) is 43.2 Å². The molecule has 3 aliphatic rings. The van der Waals surface area contributed by atoms with E-state index in [1.165, 1.54) is 38.6 Å². The maximum atomic E-state index is 12.6. The van der Waals surface area contributed by atoms with Gasteiger partial charge in [0.2, 0.25) is 0 Å². The Balaban J connectivity index is 1.21. The predicted octanol–water partition coefficient (Wildman–Crippen LogP) is 3.80. The quantitative estimate of drug-likeness (QED) is 0.868. The third kappa shape index (κ3) is 4.34. The molecule has 142 valence electrons. The van der Waals surface area contributed by atoms with Crippen LogP contribution in [0.25, 0.3) is 0 Å². The Morgan fingerprint density at radius 3 is 2.69 bits per heavy atom. The molecule has 1 saturated carbocycles. The zero-order valence-electron chi connectivity index (χ0n) is 15.4. The second kappa shape index (κ2) is 8.18. The van der Waals surface area contributed by atoms with Crippen LogP contribution >= 0.6 is 11.6 Å². The normalized spacial score (nSPS) is 24.9. The van der Waals surface area contributed by atoms with Gasteiger partial charge in [0.15, 0.2) is 6.10 Å². The van der Waals surface area contributed by atoms with Gasteiger partial charge in [-0.15, -0.1) is 0 Å². The summed E-state index contributed by atoms with van der Waals surface area (Å²) in [7, 11) is 0. The average Bonchev–Trinajstić information content (AvgIpc) is 3.07. The molecule has 0 spiro atoms. The number of nitrogens with one attached hydrogen (secondary N) is 1. The average molecular weight is 377 g/mol. The van der Waals surface area contributed by atoms with Crippen LogP contribution in [0, 0.1) is 5.92 Å². The van der Waals surface area contributed by atoms with E-state index in [1.807, 2.05) is 18.2 Å². The molecule has 1 aromatic rings. The fourth-order valence-electron chi connectivity index (χ4n) is 4.65. The third-order valence-corrected chi connectivity index (χ3v) is 6.40. The van der Waals surface area contributed by atoms with Crippen LogP contribution in [0.1, 0.15) is 50.5 Å². The van der Waals surface area contributed by atoms with Crippen LogP contribution in [0.15, 0.2) is 18.2 Å². The Bertz CT molecular complexity index is 637. The van der Waals surface area contributed by atoms with Gasteiger partial charge in [-0.1, -0.05) is 30.9 Å². The van der Waals surface area contributed by atoms with Crippen molar-refractivity contribution in [3.05, 3.63) is 28.8 Å². The molecule has 1 aromatic carbocycles. The van der Waals surface area contributed by atoms with Gasteiger partial charge in [0.05, 0.1) is 0 Å². The molecule has 1 unspecified atom stereocenters. The van der Waals surface area contributed by atoms with Crippen LogP contribution in [0.4, 0.5) is 0 Å². The summed E-state index contributed by atoms with van der Waals surface area (Å²) in [4.78, 5) is 15.2. The van der Waals surface area contributed by atoms with Gasteiger partial charge in [0.25, 0.3) is 5.91 Å². The lowest BCUT2D eigenvalue weighted by Gasteiger charge is -2.35. The first-order chi connectivity index (χ1) is 12.7. The molecule has 0 radical (unpaired) electrons. The van der Waals surface area contributed by atoms with Crippen LogP contribution in [-0.4, -0.2) is 42.6 Å². The smallest absolute Gasteiger partial charge is 0.261 e. The van der Waals surface area contributed by atoms with E-state index < -0.39 is 6.10 Å². The minimum absolute atomic E-state index is 0.0167. The Hall–Kier alpha value is -1.26. The van der Waals surface area contributed by atoms with Crippen molar-refractivity contribution in [3.63, 3.8) is 0 Å². The van der Waals surface area contributed by atoms with E-state index in [1.54, 1.807) is 0 Å². The number of carbonyl (C=O) groups is 1. The molecule has 1 N–H and O–H groups in total. The van der Waals surface area contributed by atoms with Crippen molar-refractivity contribution < 1.29 is 9.53 Å². The summed E-state index contributed by atoms with van der Waals surface area (Å²) < 4.78 is 5.81. The summed E-state index contributed by atoms with van der Waals surface area (Å²) in [5.41, 5.74) is 1.03. The molecule has 1 saturated heterocycles. The maximum Gasteiger partial charge on any atom is 0.261 e. The molecule has 4 rings (SSSR count). The van der Waals surface area contributed by atoms with Crippen molar-refractivity contribution in [1.82, 2.24) is 10.2 Å². The molecular formula is C21H29ClN2O2. The second-order valence-electron chi connectivity index (χ2n) is 8.15. The fraction of sp³-hybridized carbons (Fsp3) is 0.667. The number of ether oxygens (including phenoxy) is 1. The lowest BCUT2D eigenvalue weighted by Crippen LogP contribution is -2.49. The molecule has 2 fully saturated rings. The van der Waals surface area contributed by atoms with E-state index in [0.29, 0.717) is 11.4 Å². The van der Waals surface area contributed by atoms with Crippen molar-refractivity contribution in [3.8, 4) is 5.75 Å². The summed E-state index contributed by atoms with van der Waals surface area (Å²) in [6, 6.07) is 5.84. The van der Waals surface area contributed by atoms with Gasteiger partial charge in [0.1, 0.15) is 5.75 Å². The van der Waals surface area contributed by atoms with Crippen molar-refractivity contribution >= 4 is 17.5 Å². The highest BCUT2D eigenvalue weighted by Gasteiger charge is 2.31. The van der Waals surface area contributed by atoms with Gasteiger partial charge < -0.3 is 15.0 Å². The zero-order chi connectivity index (χ0) is 17.9. The third-order valence-electron chi connectivity index (χ3n) is 6.16. The number of fused-ring (bicyclic) bond motifs is 1. The predicted molar refractivity (Wildman–Crippen MR) is 104 cm³/mol. The standard InChI is InChI=1S/C21H29ClN2O2/c22-17-6-7-19-16(12-17)13-20(26-19)21(25)23-18-8-10-24(11-9-18)14-15-4-2-1-3-5-15/h6-7,12,15,18,20H,1-5,8-11,13-14H2,(H,23,25). The van der Waals surface area contributed by atoms with Crippen molar-refractivity contribution in [2.24, 2.45) is 5.92 Å². The number of benzene rings is 1. The van der Waals surface area contributed by atoms with E-state index >= 15 is 0 Å². The maximum absolute atomic E-state index is 12.6. The summed E-state index contributed by atoms with van der Waals surface area (Å²) in [6.07, 6.45) is 9.34. The molecule has 1 amide bonds. The van der Waals surface area contributed by atoms with Crippen LogP contribution in [0.5, 0.6) is 5.75 Å². The molecule has 26 heavy (non-hydrogen) atoms. The van der Waals surface area contributed by atoms with E-state index in [4.69, 9.17) is 16.3 Å². The molecule has 2 aliphatic heterocycles. The Morgan fingerprint density at radius 2 is 1.92 bits per heavy atom. The van der Waals surface area contributed by atoms with Gasteiger partial charge >= 0.3 is 0 Å². The molecule has 5 heteroatoms. The number of likely N-dealkylation sites (tertiary alicyclic amines) is 1. The van der Waals surface area contributed by atoms with Gasteiger partial charge in [-0.25, -0.2) is 0 Å². The zero-order valence-corrected chi connectivity index (χ0v) is 16.1. The number of nitrogens with zero attached hydrogens (tertiary/aromatic N) is 1. The highest BCUT2D eigenvalue weighted by atomic mass is 35.5. The molecular weight excluding hydrogens is 348 g/mol. The SMILES string of the molecule is O=C(NC1CCN(CC2CCCCC2)CC1)C1Cc2cc(Cl)ccc2O1. The highest BCUT2D eigenvalue weighted by Crippen LogP contribution is 2.31. The summed E-state index contributed by atoms with van der Waals surface area (Å²) >= 11 is 6.03. The van der Waals surface area contributed by atoms with Crippen LogP contribution in [-0.2, 0) is 11.2 Å². The lowest BCUT2D eigenvalue weighted by molar-refractivity contribution is -0.128. The lowest BCUT2D eigenvalue weighted by atomic mass is 9.88. The van der Waals surface area contributed by atoms with Crippen LogP contribution in [0.3, 0.4) is 0 Å². The summed E-state index contributed by atoms with van der Waals surface area (Å²) in [5.74, 6) is 1.70. The number of amides is 1. The fourth-order valence-corrected chi connectivity index (χ4v) is 4.85. The van der Waals surface area contributed by atoms with Crippen molar-refractivity contribution in [1.29, 1.82) is 0 Å². The molecule has 4 nitrogen and oxygen atoms in total.